The molecule has 0 saturated carbocycles. The van der Waals surface area contributed by atoms with Crippen LogP contribution in [0.5, 0.6) is 0 Å². The summed E-state index contributed by atoms with van der Waals surface area (Å²) in [6.07, 6.45) is 4.37. The highest BCUT2D eigenvalue weighted by Crippen LogP contribution is 2.18. The summed E-state index contributed by atoms with van der Waals surface area (Å²) in [5, 5.41) is 15.2. The van der Waals surface area contributed by atoms with E-state index in [1.807, 2.05) is 0 Å². The van der Waals surface area contributed by atoms with E-state index in [0.29, 0.717) is 35.1 Å². The summed E-state index contributed by atoms with van der Waals surface area (Å²) in [6.45, 7) is 6.35. The van der Waals surface area contributed by atoms with Crippen LogP contribution in [0.25, 0.3) is 0 Å². The molecule has 0 spiro atoms. The van der Waals surface area contributed by atoms with Crippen molar-refractivity contribution in [1.29, 1.82) is 0 Å². The third-order valence-corrected chi connectivity index (χ3v) is 6.24. The number of nitrogens with one attached hydrogen (secondary N) is 2. The first-order valence-corrected chi connectivity index (χ1v) is 11.6. The Bertz CT molecular complexity index is 859. The first-order chi connectivity index (χ1) is 14.5. The van der Waals surface area contributed by atoms with Crippen molar-refractivity contribution < 1.29 is 9.59 Å². The second kappa shape index (κ2) is 11.4. The molecule has 1 saturated heterocycles. The van der Waals surface area contributed by atoms with Crippen molar-refractivity contribution in [3.8, 4) is 0 Å². The summed E-state index contributed by atoms with van der Waals surface area (Å²) in [4.78, 5) is 26.8. The molecule has 1 aromatic carbocycles. The fraction of sp³-hybridized carbons (Fsp3) is 0.524. The number of hydrogen-bond donors (Lipinski definition) is 2. The molecule has 1 aliphatic heterocycles. The van der Waals surface area contributed by atoms with Gasteiger partial charge < -0.3 is 15.5 Å². The molecule has 1 aliphatic rings. The monoisotopic (exact) mass is 449 g/mol. The van der Waals surface area contributed by atoms with Crippen LogP contribution in [-0.2, 0) is 11.2 Å². The minimum absolute atomic E-state index is 0.00198. The van der Waals surface area contributed by atoms with Crippen LogP contribution in [0.15, 0.2) is 24.3 Å². The van der Waals surface area contributed by atoms with Gasteiger partial charge in [0.25, 0.3) is 5.91 Å². The average molecular weight is 450 g/mol. The number of halogens is 1. The zero-order valence-corrected chi connectivity index (χ0v) is 18.8. The molecule has 9 heteroatoms. The lowest BCUT2D eigenvalue weighted by Gasteiger charge is -2.30. The normalized spacial score (nSPS) is 16.9. The Balaban J connectivity index is 1.34. The SMILES string of the molecule is C[C@@H]1CCCN(CCCNC(=O)CCc2nnc(C(=O)Nc3cccc(Cl)c3)s2)C1. The molecule has 3 rings (SSSR count). The molecule has 1 atom stereocenters. The summed E-state index contributed by atoms with van der Waals surface area (Å²) in [5.41, 5.74) is 0.600. The number of rotatable bonds is 9. The van der Waals surface area contributed by atoms with Crippen LogP contribution in [0.3, 0.4) is 0 Å². The smallest absolute Gasteiger partial charge is 0.286 e. The number of piperidine rings is 1. The van der Waals surface area contributed by atoms with Crippen molar-refractivity contribution in [2.45, 2.75) is 39.0 Å². The van der Waals surface area contributed by atoms with Crippen LogP contribution in [0.1, 0.15) is 47.4 Å². The van der Waals surface area contributed by atoms with Gasteiger partial charge in [0.05, 0.1) is 0 Å². The highest BCUT2D eigenvalue weighted by atomic mass is 35.5. The van der Waals surface area contributed by atoms with Crippen molar-refractivity contribution in [2.75, 3.05) is 31.5 Å². The van der Waals surface area contributed by atoms with E-state index in [0.717, 1.165) is 25.4 Å². The molecule has 2 heterocycles. The maximum absolute atomic E-state index is 12.3. The largest absolute Gasteiger partial charge is 0.356 e. The van der Waals surface area contributed by atoms with Crippen molar-refractivity contribution in [3.63, 3.8) is 0 Å². The highest BCUT2D eigenvalue weighted by Gasteiger charge is 2.16. The molecule has 7 nitrogen and oxygen atoms in total. The molecule has 30 heavy (non-hydrogen) atoms. The Kier molecular flexibility index (Phi) is 8.60. The minimum Gasteiger partial charge on any atom is -0.356 e. The average Bonchev–Trinajstić information content (AvgIpc) is 3.19. The van der Waals surface area contributed by atoms with E-state index in [1.165, 1.54) is 30.7 Å². The molecule has 1 fully saturated rings. The third-order valence-electron chi connectivity index (χ3n) is 5.02. The van der Waals surface area contributed by atoms with E-state index in [4.69, 9.17) is 11.6 Å². The lowest BCUT2D eigenvalue weighted by Crippen LogP contribution is -2.36. The number of aryl methyl sites for hydroxylation is 1. The Labute approximate surface area is 186 Å². The van der Waals surface area contributed by atoms with Crippen LogP contribution in [-0.4, -0.2) is 53.1 Å². The zero-order valence-electron chi connectivity index (χ0n) is 17.2. The third kappa shape index (κ3) is 7.34. The van der Waals surface area contributed by atoms with Gasteiger partial charge in [0.15, 0.2) is 0 Å². The van der Waals surface area contributed by atoms with Gasteiger partial charge in [-0.3, -0.25) is 9.59 Å². The van der Waals surface area contributed by atoms with Gasteiger partial charge >= 0.3 is 0 Å². The van der Waals surface area contributed by atoms with Gasteiger partial charge in [-0.1, -0.05) is 35.9 Å². The quantitative estimate of drug-likeness (QED) is 0.571. The number of hydrogen-bond acceptors (Lipinski definition) is 6. The van der Waals surface area contributed by atoms with Crippen LogP contribution in [0.2, 0.25) is 5.02 Å². The van der Waals surface area contributed by atoms with Crippen LogP contribution >= 0.6 is 22.9 Å². The molecule has 0 radical (unpaired) electrons. The lowest BCUT2D eigenvalue weighted by atomic mass is 10.0. The van der Waals surface area contributed by atoms with Crippen molar-refractivity contribution in [3.05, 3.63) is 39.3 Å². The lowest BCUT2D eigenvalue weighted by molar-refractivity contribution is -0.121. The van der Waals surface area contributed by atoms with Gasteiger partial charge in [-0.25, -0.2) is 0 Å². The Morgan fingerprint density at radius 2 is 2.20 bits per heavy atom. The zero-order chi connectivity index (χ0) is 21.3. The van der Waals surface area contributed by atoms with E-state index < -0.39 is 0 Å². The summed E-state index contributed by atoms with van der Waals surface area (Å²) in [6, 6.07) is 6.91. The molecule has 1 aromatic heterocycles. The van der Waals surface area contributed by atoms with Crippen LogP contribution in [0, 0.1) is 5.92 Å². The van der Waals surface area contributed by atoms with Crippen LogP contribution < -0.4 is 10.6 Å². The first kappa shape index (κ1) is 22.7. The summed E-state index contributed by atoms with van der Waals surface area (Å²) in [7, 11) is 0. The predicted octanol–water partition coefficient (Wildman–Crippen LogP) is 3.61. The summed E-state index contributed by atoms with van der Waals surface area (Å²) >= 11 is 7.12. The molecule has 2 amide bonds. The second-order valence-corrected chi connectivity index (χ2v) is 9.22. The number of anilines is 1. The highest BCUT2D eigenvalue weighted by molar-refractivity contribution is 7.13. The Morgan fingerprint density at radius 3 is 3.00 bits per heavy atom. The van der Waals surface area contributed by atoms with Gasteiger partial charge in [0.1, 0.15) is 5.01 Å². The summed E-state index contributed by atoms with van der Waals surface area (Å²) < 4.78 is 0. The number of nitrogens with zero attached hydrogens (tertiary/aromatic N) is 3. The van der Waals surface area contributed by atoms with Gasteiger partial charge in [-0.15, -0.1) is 10.2 Å². The number of aromatic nitrogens is 2. The van der Waals surface area contributed by atoms with Crippen molar-refractivity contribution in [2.24, 2.45) is 5.92 Å². The van der Waals surface area contributed by atoms with Gasteiger partial charge in [0.2, 0.25) is 10.9 Å². The number of likely N-dealkylation sites (tertiary alicyclic amines) is 1. The second-order valence-electron chi connectivity index (χ2n) is 7.72. The first-order valence-electron chi connectivity index (χ1n) is 10.4. The topological polar surface area (TPSA) is 87.2 Å². The predicted molar refractivity (Wildman–Crippen MR) is 120 cm³/mol. The number of benzene rings is 1. The molecule has 0 aliphatic carbocycles. The van der Waals surface area contributed by atoms with Crippen molar-refractivity contribution >= 4 is 40.4 Å². The van der Waals surface area contributed by atoms with E-state index in [-0.39, 0.29) is 16.8 Å². The molecule has 2 N–H and O–H groups in total. The van der Waals surface area contributed by atoms with Gasteiger partial charge in [0, 0.05) is 36.6 Å². The number of amides is 2. The standard InChI is InChI=1S/C21H28ClN5O2S/c1-15-5-3-11-27(14-15)12-4-10-23-18(28)8-9-19-25-26-21(30-19)20(29)24-17-7-2-6-16(22)13-17/h2,6-7,13,15H,3-5,8-12,14H2,1H3,(H,23,28)(H,24,29)/t15-/m1/s1. The molecule has 0 unspecified atom stereocenters. The number of carbonyl (C=O) groups excluding carboxylic acids is 2. The fourth-order valence-electron chi connectivity index (χ4n) is 3.53. The molecular formula is C21H28ClN5O2S. The summed E-state index contributed by atoms with van der Waals surface area (Å²) in [5.74, 6) is 0.442. The van der Waals surface area contributed by atoms with Crippen molar-refractivity contribution in [1.82, 2.24) is 20.4 Å². The maximum atomic E-state index is 12.3. The Hall–Kier alpha value is -2.03. The number of carbonyl (C=O) groups is 2. The van der Waals surface area contributed by atoms with Gasteiger partial charge in [-0.05, 0) is 56.5 Å². The van der Waals surface area contributed by atoms with Gasteiger partial charge in [-0.2, -0.15) is 0 Å². The van der Waals surface area contributed by atoms with E-state index in [1.54, 1.807) is 24.3 Å². The minimum atomic E-state index is -0.336. The van der Waals surface area contributed by atoms with Crippen LogP contribution in [0.4, 0.5) is 5.69 Å². The van der Waals surface area contributed by atoms with E-state index in [2.05, 4.69) is 32.7 Å². The molecule has 162 valence electrons. The molecule has 0 bridgehead atoms. The van der Waals surface area contributed by atoms with E-state index in [9.17, 15) is 9.59 Å². The molecular weight excluding hydrogens is 422 g/mol. The molecule has 2 aromatic rings. The van der Waals surface area contributed by atoms with E-state index >= 15 is 0 Å². The fourth-order valence-corrected chi connectivity index (χ4v) is 4.45. The Morgan fingerprint density at radius 1 is 1.33 bits per heavy atom. The maximum Gasteiger partial charge on any atom is 0.286 e.